The largest absolute Gasteiger partial charge is 0.494 e. The number of carbonyl (C=O) groups excluding carboxylic acids is 1. The summed E-state index contributed by atoms with van der Waals surface area (Å²) in [6.07, 6.45) is -0.106. The van der Waals surface area contributed by atoms with Crippen LogP contribution in [0.25, 0.3) is 0 Å². The van der Waals surface area contributed by atoms with Gasteiger partial charge in [0.05, 0.1) is 13.2 Å². The highest BCUT2D eigenvalue weighted by molar-refractivity contribution is 5.94. The minimum absolute atomic E-state index is 0.106. The molecular weight excluding hydrogens is 290 g/mol. The van der Waals surface area contributed by atoms with E-state index in [0.29, 0.717) is 18.7 Å². The second-order valence-corrected chi connectivity index (χ2v) is 5.36. The van der Waals surface area contributed by atoms with E-state index in [1.54, 1.807) is 6.07 Å². The summed E-state index contributed by atoms with van der Waals surface area (Å²) in [7, 11) is 0. The number of rotatable bonds is 7. The van der Waals surface area contributed by atoms with Gasteiger partial charge in [0, 0.05) is 5.56 Å². The number of amides is 1. The smallest absolute Gasteiger partial charge is 0.251 e. The predicted molar refractivity (Wildman–Crippen MR) is 91.2 cm³/mol. The van der Waals surface area contributed by atoms with Gasteiger partial charge in [-0.3, -0.25) is 4.79 Å². The second kappa shape index (κ2) is 8.22. The predicted octanol–water partition coefficient (Wildman–Crippen LogP) is 3.59. The Morgan fingerprint density at radius 1 is 1.17 bits per heavy atom. The molecule has 1 unspecified atom stereocenters. The van der Waals surface area contributed by atoms with Gasteiger partial charge in [-0.05, 0) is 56.7 Å². The van der Waals surface area contributed by atoms with Crippen molar-refractivity contribution in [2.45, 2.75) is 26.9 Å². The van der Waals surface area contributed by atoms with Crippen molar-refractivity contribution in [3.8, 4) is 11.5 Å². The maximum atomic E-state index is 12.2. The van der Waals surface area contributed by atoms with E-state index >= 15 is 0 Å². The second-order valence-electron chi connectivity index (χ2n) is 5.36. The molecule has 0 saturated carbocycles. The molecule has 1 amide bonds. The number of carbonyl (C=O) groups is 1. The third-order valence-electron chi connectivity index (χ3n) is 3.37. The number of nitrogens with one attached hydrogen (secondary N) is 1. The van der Waals surface area contributed by atoms with E-state index in [0.717, 1.165) is 17.1 Å². The number of aryl methyl sites for hydroxylation is 1. The van der Waals surface area contributed by atoms with Gasteiger partial charge in [0.25, 0.3) is 5.91 Å². The average Bonchev–Trinajstić information content (AvgIpc) is 2.55. The lowest BCUT2D eigenvalue weighted by atomic mass is 10.1. The zero-order chi connectivity index (χ0) is 16.7. The summed E-state index contributed by atoms with van der Waals surface area (Å²) in [5, 5.41) is 2.89. The molecule has 23 heavy (non-hydrogen) atoms. The molecule has 0 aliphatic rings. The first-order valence-electron chi connectivity index (χ1n) is 7.83. The Bertz CT molecular complexity index is 640. The van der Waals surface area contributed by atoms with Crippen LogP contribution in [0.15, 0.2) is 48.5 Å². The summed E-state index contributed by atoms with van der Waals surface area (Å²) in [4.78, 5) is 12.2. The van der Waals surface area contributed by atoms with Crippen molar-refractivity contribution in [2.24, 2.45) is 0 Å². The van der Waals surface area contributed by atoms with Crippen LogP contribution in [0.2, 0.25) is 0 Å². The molecule has 1 atom stereocenters. The lowest BCUT2D eigenvalue weighted by molar-refractivity contribution is 0.0932. The maximum absolute atomic E-state index is 12.2. The van der Waals surface area contributed by atoms with Gasteiger partial charge in [0.15, 0.2) is 0 Å². The molecule has 2 rings (SSSR count). The standard InChI is InChI=1S/C19H23NO3/c1-4-22-18-11-10-16(12-14(18)2)19(21)20-13-15(3)23-17-8-6-5-7-9-17/h5-12,15H,4,13H2,1-3H3,(H,20,21). The third-order valence-corrected chi connectivity index (χ3v) is 3.37. The van der Waals surface area contributed by atoms with Crippen LogP contribution in [-0.4, -0.2) is 25.2 Å². The third kappa shape index (κ3) is 5.02. The molecule has 0 heterocycles. The van der Waals surface area contributed by atoms with E-state index in [9.17, 15) is 4.79 Å². The monoisotopic (exact) mass is 313 g/mol. The molecule has 122 valence electrons. The van der Waals surface area contributed by atoms with E-state index in [1.807, 2.05) is 63.2 Å². The van der Waals surface area contributed by atoms with Gasteiger partial charge in [0.2, 0.25) is 0 Å². The first kappa shape index (κ1) is 16.9. The van der Waals surface area contributed by atoms with Crippen molar-refractivity contribution < 1.29 is 14.3 Å². The Hall–Kier alpha value is -2.49. The van der Waals surface area contributed by atoms with Crippen molar-refractivity contribution >= 4 is 5.91 Å². The van der Waals surface area contributed by atoms with Gasteiger partial charge < -0.3 is 14.8 Å². The zero-order valence-electron chi connectivity index (χ0n) is 13.8. The number of benzene rings is 2. The fourth-order valence-corrected chi connectivity index (χ4v) is 2.22. The molecule has 1 N–H and O–H groups in total. The Balaban J connectivity index is 1.88. The Morgan fingerprint density at radius 2 is 1.91 bits per heavy atom. The summed E-state index contributed by atoms with van der Waals surface area (Å²) >= 11 is 0. The van der Waals surface area contributed by atoms with E-state index < -0.39 is 0 Å². The van der Waals surface area contributed by atoms with E-state index in [-0.39, 0.29) is 12.0 Å². The maximum Gasteiger partial charge on any atom is 0.251 e. The van der Waals surface area contributed by atoms with Gasteiger partial charge in [-0.25, -0.2) is 0 Å². The average molecular weight is 313 g/mol. The first-order valence-corrected chi connectivity index (χ1v) is 7.83. The van der Waals surface area contributed by atoms with E-state index in [1.165, 1.54) is 0 Å². The highest BCUT2D eigenvalue weighted by Crippen LogP contribution is 2.19. The Labute approximate surface area is 137 Å². The van der Waals surface area contributed by atoms with Crippen LogP contribution >= 0.6 is 0 Å². The van der Waals surface area contributed by atoms with Crippen LogP contribution < -0.4 is 14.8 Å². The fourth-order valence-electron chi connectivity index (χ4n) is 2.22. The van der Waals surface area contributed by atoms with Crippen molar-refractivity contribution in [3.05, 3.63) is 59.7 Å². The van der Waals surface area contributed by atoms with Gasteiger partial charge in [-0.1, -0.05) is 18.2 Å². The summed E-state index contributed by atoms with van der Waals surface area (Å²) in [5.41, 5.74) is 1.57. The Morgan fingerprint density at radius 3 is 2.57 bits per heavy atom. The van der Waals surface area contributed by atoms with Crippen molar-refractivity contribution in [1.29, 1.82) is 0 Å². The van der Waals surface area contributed by atoms with Gasteiger partial charge in [0.1, 0.15) is 17.6 Å². The molecule has 0 spiro atoms. The van der Waals surface area contributed by atoms with Crippen molar-refractivity contribution in [1.82, 2.24) is 5.32 Å². The number of para-hydroxylation sites is 1. The molecule has 0 aliphatic heterocycles. The lowest BCUT2D eigenvalue weighted by Crippen LogP contribution is -2.33. The summed E-state index contributed by atoms with van der Waals surface area (Å²) in [5.74, 6) is 1.50. The SMILES string of the molecule is CCOc1ccc(C(=O)NCC(C)Oc2ccccc2)cc1C. The van der Waals surface area contributed by atoms with Crippen LogP contribution in [0.5, 0.6) is 11.5 Å². The van der Waals surface area contributed by atoms with Crippen LogP contribution in [-0.2, 0) is 0 Å². The summed E-state index contributed by atoms with van der Waals surface area (Å²) < 4.78 is 11.2. The van der Waals surface area contributed by atoms with E-state index in [4.69, 9.17) is 9.47 Å². The number of ether oxygens (including phenoxy) is 2. The Kier molecular flexibility index (Phi) is 6.03. The molecule has 2 aromatic rings. The number of hydrogen-bond acceptors (Lipinski definition) is 3. The number of hydrogen-bond donors (Lipinski definition) is 1. The van der Waals surface area contributed by atoms with Gasteiger partial charge >= 0.3 is 0 Å². The molecule has 4 heteroatoms. The molecule has 4 nitrogen and oxygen atoms in total. The lowest BCUT2D eigenvalue weighted by Gasteiger charge is -2.16. The molecule has 2 aromatic carbocycles. The van der Waals surface area contributed by atoms with Crippen molar-refractivity contribution in [3.63, 3.8) is 0 Å². The first-order chi connectivity index (χ1) is 11.1. The molecule has 0 saturated heterocycles. The molecule has 0 bridgehead atoms. The van der Waals surface area contributed by atoms with E-state index in [2.05, 4.69) is 5.32 Å². The quantitative estimate of drug-likeness (QED) is 0.850. The summed E-state index contributed by atoms with van der Waals surface area (Å²) in [6.45, 7) is 6.86. The van der Waals surface area contributed by atoms with Crippen LogP contribution in [0.1, 0.15) is 29.8 Å². The molecule has 0 aliphatic carbocycles. The molecule has 0 aromatic heterocycles. The van der Waals surface area contributed by atoms with Crippen LogP contribution in [0.3, 0.4) is 0 Å². The molecule has 0 radical (unpaired) electrons. The normalized spacial score (nSPS) is 11.6. The highest BCUT2D eigenvalue weighted by Gasteiger charge is 2.10. The molecule has 0 fully saturated rings. The zero-order valence-corrected chi connectivity index (χ0v) is 13.8. The fraction of sp³-hybridized carbons (Fsp3) is 0.316. The minimum atomic E-state index is -0.111. The highest BCUT2D eigenvalue weighted by atomic mass is 16.5. The van der Waals surface area contributed by atoms with Gasteiger partial charge in [-0.2, -0.15) is 0 Å². The van der Waals surface area contributed by atoms with Crippen molar-refractivity contribution in [2.75, 3.05) is 13.2 Å². The van der Waals surface area contributed by atoms with Crippen LogP contribution in [0, 0.1) is 6.92 Å². The minimum Gasteiger partial charge on any atom is -0.494 e. The molecular formula is C19H23NO3. The summed E-state index contributed by atoms with van der Waals surface area (Å²) in [6, 6.07) is 15.0. The topological polar surface area (TPSA) is 47.6 Å². The van der Waals surface area contributed by atoms with Gasteiger partial charge in [-0.15, -0.1) is 0 Å². The van der Waals surface area contributed by atoms with Crippen LogP contribution in [0.4, 0.5) is 0 Å².